The fourth-order valence-electron chi connectivity index (χ4n) is 6.94. The summed E-state index contributed by atoms with van der Waals surface area (Å²) < 4.78 is 12.4. The molecule has 3 aliphatic rings. The Morgan fingerprint density at radius 2 is 1.66 bits per heavy atom. The number of fused-ring (bicyclic) bond motifs is 1. The maximum atomic E-state index is 14.1. The summed E-state index contributed by atoms with van der Waals surface area (Å²) in [5.74, 6) is -0.188. The van der Waals surface area contributed by atoms with Gasteiger partial charge < -0.3 is 19.9 Å². The SMILES string of the molecule is CC(=O)NC(CCCCB1OC(C)(C)C(C)(C)O1)(C(=O)NC(C)(C)C)C1CCN(C2CCc3cc(Cl)ccc32)CC1. The van der Waals surface area contributed by atoms with Crippen molar-refractivity contribution in [2.75, 3.05) is 13.1 Å². The molecule has 2 heterocycles. The molecule has 2 N–H and O–H groups in total. The third kappa shape index (κ3) is 7.31. The van der Waals surface area contributed by atoms with Gasteiger partial charge >= 0.3 is 7.12 Å². The van der Waals surface area contributed by atoms with Crippen LogP contribution < -0.4 is 10.6 Å². The highest BCUT2D eigenvalue weighted by atomic mass is 35.5. The normalized spacial score (nSPS) is 24.1. The molecule has 41 heavy (non-hydrogen) atoms. The third-order valence-corrected chi connectivity index (χ3v) is 9.91. The Bertz CT molecular complexity index is 1100. The largest absolute Gasteiger partial charge is 0.457 e. The summed E-state index contributed by atoms with van der Waals surface area (Å²) in [6, 6.07) is 6.67. The molecule has 9 heteroatoms. The molecule has 2 atom stereocenters. The highest BCUT2D eigenvalue weighted by Gasteiger charge is 2.51. The van der Waals surface area contributed by atoms with Crippen LogP contribution in [0.3, 0.4) is 0 Å². The Morgan fingerprint density at radius 3 is 2.24 bits per heavy atom. The van der Waals surface area contributed by atoms with Crippen molar-refractivity contribution in [3.05, 3.63) is 34.3 Å². The van der Waals surface area contributed by atoms with Crippen LogP contribution >= 0.6 is 11.6 Å². The smallest absolute Gasteiger partial charge is 0.403 e. The number of aryl methyl sites for hydroxylation is 1. The second-order valence-electron chi connectivity index (χ2n) is 14.5. The van der Waals surface area contributed by atoms with Gasteiger partial charge in [0.2, 0.25) is 11.8 Å². The molecule has 0 aromatic heterocycles. The number of hydrogen-bond donors (Lipinski definition) is 2. The number of benzene rings is 1. The van der Waals surface area contributed by atoms with Gasteiger partial charge in [-0.15, -0.1) is 0 Å². The van der Waals surface area contributed by atoms with Gasteiger partial charge in [0.25, 0.3) is 0 Å². The molecule has 2 unspecified atom stereocenters. The van der Waals surface area contributed by atoms with Crippen molar-refractivity contribution in [1.82, 2.24) is 15.5 Å². The van der Waals surface area contributed by atoms with Crippen LogP contribution in [0.25, 0.3) is 0 Å². The first-order valence-electron chi connectivity index (χ1n) is 15.5. The molecule has 2 saturated heterocycles. The second-order valence-corrected chi connectivity index (χ2v) is 14.9. The van der Waals surface area contributed by atoms with Gasteiger partial charge in [0.05, 0.1) is 11.2 Å². The number of nitrogens with zero attached hydrogens (tertiary/aromatic N) is 1. The Labute approximate surface area is 253 Å². The minimum absolute atomic E-state index is 0.0490. The van der Waals surface area contributed by atoms with Crippen molar-refractivity contribution in [2.45, 2.75) is 135 Å². The highest BCUT2D eigenvalue weighted by molar-refractivity contribution is 6.45. The summed E-state index contributed by atoms with van der Waals surface area (Å²) in [4.78, 5) is 29.3. The van der Waals surface area contributed by atoms with E-state index in [1.807, 2.05) is 26.8 Å². The Kier molecular flexibility index (Phi) is 9.60. The summed E-state index contributed by atoms with van der Waals surface area (Å²) >= 11 is 6.26. The zero-order valence-electron chi connectivity index (χ0n) is 26.5. The first-order chi connectivity index (χ1) is 19.0. The Morgan fingerprint density at radius 1 is 1.02 bits per heavy atom. The van der Waals surface area contributed by atoms with Crippen LogP contribution in [0.4, 0.5) is 0 Å². The second kappa shape index (κ2) is 12.2. The van der Waals surface area contributed by atoms with Gasteiger partial charge in [-0.1, -0.05) is 30.5 Å². The molecule has 2 fully saturated rings. The Balaban J connectivity index is 1.47. The third-order valence-electron chi connectivity index (χ3n) is 9.67. The van der Waals surface area contributed by atoms with Gasteiger partial charge in [0, 0.05) is 23.5 Å². The number of piperidine rings is 1. The van der Waals surface area contributed by atoms with Gasteiger partial charge in [0.1, 0.15) is 5.54 Å². The van der Waals surface area contributed by atoms with Gasteiger partial charge in [0.15, 0.2) is 0 Å². The first kappa shape index (κ1) is 32.3. The van der Waals surface area contributed by atoms with E-state index in [9.17, 15) is 9.59 Å². The number of unbranched alkanes of at least 4 members (excludes halogenated alkanes) is 1. The number of carbonyl (C=O) groups excluding carboxylic acids is 2. The lowest BCUT2D eigenvalue weighted by Gasteiger charge is -2.46. The van der Waals surface area contributed by atoms with E-state index in [4.69, 9.17) is 20.9 Å². The van der Waals surface area contributed by atoms with Crippen molar-refractivity contribution in [2.24, 2.45) is 5.92 Å². The Hall–Kier alpha value is -1.61. The molecular formula is C32H51BClN3O4. The van der Waals surface area contributed by atoms with Crippen LogP contribution in [-0.4, -0.2) is 59.2 Å². The number of halogens is 1. The molecule has 2 amide bonds. The fraction of sp³-hybridized carbons (Fsp3) is 0.750. The molecule has 2 aliphatic heterocycles. The topological polar surface area (TPSA) is 79.9 Å². The number of likely N-dealkylation sites (tertiary alicyclic amines) is 1. The molecule has 228 valence electrons. The van der Waals surface area contributed by atoms with E-state index in [1.165, 1.54) is 18.1 Å². The molecule has 0 radical (unpaired) electrons. The summed E-state index contributed by atoms with van der Waals surface area (Å²) in [6.07, 6.45) is 6.84. The lowest BCUT2D eigenvalue weighted by Crippen LogP contribution is -2.66. The van der Waals surface area contributed by atoms with Crippen LogP contribution in [0.15, 0.2) is 18.2 Å². The van der Waals surface area contributed by atoms with Gasteiger partial charge in [-0.2, -0.15) is 0 Å². The maximum absolute atomic E-state index is 14.1. The number of amides is 2. The van der Waals surface area contributed by atoms with Crippen molar-refractivity contribution in [3.8, 4) is 0 Å². The van der Waals surface area contributed by atoms with E-state index in [1.54, 1.807) is 0 Å². The number of hydrogen-bond acceptors (Lipinski definition) is 5. The lowest BCUT2D eigenvalue weighted by molar-refractivity contribution is -0.138. The molecule has 7 nitrogen and oxygen atoms in total. The summed E-state index contributed by atoms with van der Waals surface area (Å²) in [5.41, 5.74) is 0.661. The predicted molar refractivity (Wildman–Crippen MR) is 166 cm³/mol. The average molecular weight is 588 g/mol. The van der Waals surface area contributed by atoms with Crippen molar-refractivity contribution in [1.29, 1.82) is 0 Å². The fourth-order valence-corrected chi connectivity index (χ4v) is 7.13. The van der Waals surface area contributed by atoms with E-state index in [0.717, 1.165) is 63.0 Å². The lowest BCUT2D eigenvalue weighted by atomic mass is 9.72. The highest BCUT2D eigenvalue weighted by Crippen LogP contribution is 2.42. The predicted octanol–water partition coefficient (Wildman–Crippen LogP) is 6.09. The maximum Gasteiger partial charge on any atom is 0.457 e. The van der Waals surface area contributed by atoms with Crippen LogP contribution in [0.1, 0.15) is 111 Å². The summed E-state index contributed by atoms with van der Waals surface area (Å²) in [7, 11) is -0.258. The van der Waals surface area contributed by atoms with Gasteiger partial charge in [-0.05, 0) is 129 Å². The number of nitrogens with one attached hydrogen (secondary N) is 2. The molecule has 4 rings (SSSR count). The molecule has 1 aromatic rings. The summed E-state index contributed by atoms with van der Waals surface area (Å²) in [5, 5.41) is 7.22. The van der Waals surface area contributed by atoms with Crippen molar-refractivity contribution >= 4 is 30.5 Å². The van der Waals surface area contributed by atoms with Crippen molar-refractivity contribution in [3.63, 3.8) is 0 Å². The molecule has 0 bridgehead atoms. The molecule has 1 aromatic carbocycles. The van der Waals surface area contributed by atoms with E-state index >= 15 is 0 Å². The molecule has 1 aliphatic carbocycles. The van der Waals surface area contributed by atoms with Gasteiger partial charge in [-0.25, -0.2) is 0 Å². The molecule has 0 saturated carbocycles. The van der Waals surface area contributed by atoms with E-state index in [2.05, 4.69) is 55.4 Å². The zero-order valence-corrected chi connectivity index (χ0v) is 27.2. The monoisotopic (exact) mass is 587 g/mol. The van der Waals surface area contributed by atoms with Crippen LogP contribution in [0.5, 0.6) is 0 Å². The van der Waals surface area contributed by atoms with Crippen molar-refractivity contribution < 1.29 is 18.9 Å². The van der Waals surface area contributed by atoms with Crippen LogP contribution in [0.2, 0.25) is 11.3 Å². The quantitative estimate of drug-likeness (QED) is 0.270. The summed E-state index contributed by atoms with van der Waals surface area (Å²) in [6.45, 7) is 17.6. The average Bonchev–Trinajstić information content (AvgIpc) is 3.35. The minimum Gasteiger partial charge on any atom is -0.403 e. The molecular weight excluding hydrogens is 537 g/mol. The van der Waals surface area contributed by atoms with Gasteiger partial charge in [-0.3, -0.25) is 14.5 Å². The van der Waals surface area contributed by atoms with E-state index in [0.29, 0.717) is 12.5 Å². The standard InChI is InChI=1S/C32H51BClN3O4/c1-22(38)35-32(28(39)36-29(2,3)4,17-9-10-18-33-40-30(5,6)31(7,8)41-33)24-15-19-37(20-16-24)27-14-11-23-21-25(34)12-13-26(23)27/h12-13,21,24,27H,9-11,14-20H2,1-8H3,(H,35,38)(H,36,39). The number of rotatable bonds is 9. The minimum atomic E-state index is -0.956. The van der Waals surface area contributed by atoms with Crippen LogP contribution in [-0.2, 0) is 25.3 Å². The van der Waals surface area contributed by atoms with E-state index < -0.39 is 11.1 Å². The number of carbonyl (C=O) groups is 2. The zero-order chi connectivity index (χ0) is 30.2. The first-order valence-corrected chi connectivity index (χ1v) is 15.9. The van der Waals surface area contributed by atoms with E-state index in [-0.39, 0.29) is 36.1 Å². The molecule has 0 spiro atoms. The van der Waals surface area contributed by atoms with Crippen LogP contribution in [0, 0.1) is 5.92 Å².